The number of carboxylic acids is 1. The number of furan rings is 1. The monoisotopic (exact) mass is 175 g/mol. The average Bonchev–Trinajstić information content (AvgIpc) is 2.48. The summed E-state index contributed by atoms with van der Waals surface area (Å²) in [6, 6.07) is 7.42. The largest absolute Gasteiger partial charge is 0.550 e. The first-order valence-electron chi connectivity index (χ1n) is 3.92. The van der Waals surface area contributed by atoms with Crippen LogP contribution in [0.15, 0.2) is 34.9 Å². The summed E-state index contributed by atoms with van der Waals surface area (Å²) in [4.78, 5) is 10.3. The molecule has 0 aliphatic rings. The van der Waals surface area contributed by atoms with Gasteiger partial charge in [-0.3, -0.25) is 0 Å². The molecule has 2 aromatic rings. The van der Waals surface area contributed by atoms with Gasteiger partial charge in [0.25, 0.3) is 0 Å². The number of rotatable bonds is 2. The van der Waals surface area contributed by atoms with Crippen molar-refractivity contribution in [1.29, 1.82) is 0 Å². The number of hydrogen-bond acceptors (Lipinski definition) is 3. The van der Waals surface area contributed by atoms with Gasteiger partial charge in [-0.2, -0.15) is 0 Å². The van der Waals surface area contributed by atoms with Crippen LogP contribution >= 0.6 is 0 Å². The molecule has 0 amide bonds. The van der Waals surface area contributed by atoms with Crippen LogP contribution in [0.25, 0.3) is 10.8 Å². The number of fused-ring (bicyclic) bond motifs is 1. The predicted molar refractivity (Wildman–Crippen MR) is 44.9 cm³/mol. The fourth-order valence-electron chi connectivity index (χ4n) is 1.32. The Morgan fingerprint density at radius 2 is 2.15 bits per heavy atom. The summed E-state index contributed by atoms with van der Waals surface area (Å²) in [5.74, 6) is -0.671. The Morgan fingerprint density at radius 1 is 1.38 bits per heavy atom. The molecule has 0 spiro atoms. The second-order valence-corrected chi connectivity index (χ2v) is 2.79. The van der Waals surface area contributed by atoms with Gasteiger partial charge in [0.15, 0.2) is 0 Å². The lowest BCUT2D eigenvalue weighted by Crippen LogP contribution is -2.24. The predicted octanol–water partition coefficient (Wildman–Crippen LogP) is 0.725. The van der Waals surface area contributed by atoms with Gasteiger partial charge in [-0.25, -0.2) is 0 Å². The molecule has 0 saturated heterocycles. The Morgan fingerprint density at radius 3 is 2.92 bits per heavy atom. The summed E-state index contributed by atoms with van der Waals surface area (Å²) in [6.45, 7) is 0. The molecule has 0 saturated carbocycles. The SMILES string of the molecule is O=C([O-])Cc1occ2ccccc12. The van der Waals surface area contributed by atoms with E-state index >= 15 is 0 Å². The number of carboxylic acid groups (broad SMARTS) is 1. The number of aliphatic carboxylic acids is 1. The van der Waals surface area contributed by atoms with Gasteiger partial charge in [-0.1, -0.05) is 24.3 Å². The highest BCUT2D eigenvalue weighted by Gasteiger charge is 2.04. The van der Waals surface area contributed by atoms with E-state index < -0.39 is 5.97 Å². The van der Waals surface area contributed by atoms with Crippen LogP contribution in [0.2, 0.25) is 0 Å². The van der Waals surface area contributed by atoms with E-state index in [0.717, 1.165) is 10.8 Å². The third kappa shape index (κ3) is 1.40. The highest BCUT2D eigenvalue weighted by Crippen LogP contribution is 2.20. The first-order chi connectivity index (χ1) is 6.27. The summed E-state index contributed by atoms with van der Waals surface area (Å²) < 4.78 is 5.11. The quantitative estimate of drug-likeness (QED) is 0.675. The molecule has 1 aromatic heterocycles. The molecule has 3 nitrogen and oxygen atoms in total. The second-order valence-electron chi connectivity index (χ2n) is 2.79. The number of hydrogen-bond donors (Lipinski definition) is 0. The highest BCUT2D eigenvalue weighted by molar-refractivity contribution is 5.86. The Kier molecular flexibility index (Phi) is 1.77. The van der Waals surface area contributed by atoms with Gasteiger partial charge >= 0.3 is 0 Å². The van der Waals surface area contributed by atoms with Crippen LogP contribution in [0.4, 0.5) is 0 Å². The fraction of sp³-hybridized carbons (Fsp3) is 0.100. The molecule has 0 atom stereocenters. The van der Waals surface area contributed by atoms with Gasteiger partial charge in [-0.15, -0.1) is 0 Å². The first kappa shape index (κ1) is 7.86. The molecule has 0 radical (unpaired) electrons. The molecule has 1 heterocycles. The zero-order valence-corrected chi connectivity index (χ0v) is 6.82. The average molecular weight is 175 g/mol. The minimum atomic E-state index is -1.12. The van der Waals surface area contributed by atoms with E-state index in [0.29, 0.717) is 5.76 Å². The van der Waals surface area contributed by atoms with Crippen LogP contribution in [-0.2, 0) is 11.2 Å². The number of carbonyl (C=O) groups excluding carboxylic acids is 1. The zero-order valence-electron chi connectivity index (χ0n) is 6.82. The topological polar surface area (TPSA) is 53.3 Å². The minimum absolute atomic E-state index is 0.173. The third-order valence-electron chi connectivity index (χ3n) is 1.89. The summed E-state index contributed by atoms with van der Waals surface area (Å²) >= 11 is 0. The van der Waals surface area contributed by atoms with Gasteiger partial charge in [0.05, 0.1) is 6.26 Å². The molecule has 3 heteroatoms. The van der Waals surface area contributed by atoms with E-state index in [-0.39, 0.29) is 6.42 Å². The van der Waals surface area contributed by atoms with Crippen molar-refractivity contribution in [2.24, 2.45) is 0 Å². The summed E-state index contributed by atoms with van der Waals surface area (Å²) in [6.07, 6.45) is 1.38. The molecule has 0 aliphatic heterocycles. The van der Waals surface area contributed by atoms with Crippen molar-refractivity contribution in [2.45, 2.75) is 6.42 Å². The van der Waals surface area contributed by atoms with E-state index in [9.17, 15) is 9.90 Å². The van der Waals surface area contributed by atoms with Crippen molar-refractivity contribution in [2.75, 3.05) is 0 Å². The summed E-state index contributed by atoms with van der Waals surface area (Å²) in [5.41, 5.74) is 0. The molecule has 13 heavy (non-hydrogen) atoms. The van der Waals surface area contributed by atoms with Crippen molar-refractivity contribution < 1.29 is 14.3 Å². The molecule has 1 aromatic carbocycles. The molecule has 66 valence electrons. The molecule has 0 aliphatic carbocycles. The maximum atomic E-state index is 10.3. The van der Waals surface area contributed by atoms with Gasteiger partial charge in [0.1, 0.15) is 5.76 Å². The van der Waals surface area contributed by atoms with Crippen molar-refractivity contribution in [3.8, 4) is 0 Å². The molecular weight excluding hydrogens is 168 g/mol. The molecule has 0 fully saturated rings. The minimum Gasteiger partial charge on any atom is -0.550 e. The van der Waals surface area contributed by atoms with Crippen molar-refractivity contribution >= 4 is 16.7 Å². The summed E-state index contributed by atoms with van der Waals surface area (Å²) in [7, 11) is 0. The normalized spacial score (nSPS) is 10.5. The maximum Gasteiger partial charge on any atom is 0.117 e. The Hall–Kier alpha value is -1.77. The van der Waals surface area contributed by atoms with Gasteiger partial charge in [-0.05, 0) is 0 Å². The smallest absolute Gasteiger partial charge is 0.117 e. The van der Waals surface area contributed by atoms with Crippen LogP contribution in [-0.4, -0.2) is 5.97 Å². The molecular formula is C10H7O3-. The fourth-order valence-corrected chi connectivity index (χ4v) is 1.32. The zero-order chi connectivity index (χ0) is 9.26. The van der Waals surface area contributed by atoms with Crippen LogP contribution in [0, 0.1) is 0 Å². The van der Waals surface area contributed by atoms with E-state index in [2.05, 4.69) is 0 Å². The van der Waals surface area contributed by atoms with Crippen molar-refractivity contribution in [1.82, 2.24) is 0 Å². The summed E-state index contributed by atoms with van der Waals surface area (Å²) in [5, 5.41) is 12.1. The lowest BCUT2D eigenvalue weighted by Gasteiger charge is -1.97. The third-order valence-corrected chi connectivity index (χ3v) is 1.89. The van der Waals surface area contributed by atoms with E-state index in [1.54, 1.807) is 6.26 Å². The Bertz CT molecular complexity index is 442. The molecule has 0 N–H and O–H groups in total. The Balaban J connectivity index is 2.51. The standard InChI is InChI=1S/C10H8O3/c11-10(12)5-9-8-4-2-1-3-7(8)6-13-9/h1-4,6H,5H2,(H,11,12)/p-1. The van der Waals surface area contributed by atoms with Crippen LogP contribution in [0.3, 0.4) is 0 Å². The van der Waals surface area contributed by atoms with Crippen LogP contribution < -0.4 is 5.11 Å². The number of benzene rings is 1. The van der Waals surface area contributed by atoms with Crippen molar-refractivity contribution in [3.05, 3.63) is 36.3 Å². The van der Waals surface area contributed by atoms with Gasteiger partial charge < -0.3 is 14.3 Å². The van der Waals surface area contributed by atoms with Gasteiger partial charge in [0.2, 0.25) is 0 Å². The van der Waals surface area contributed by atoms with Crippen LogP contribution in [0.5, 0.6) is 0 Å². The number of carbonyl (C=O) groups is 1. The molecule has 0 bridgehead atoms. The lowest BCUT2D eigenvalue weighted by atomic mass is 10.1. The Labute approximate surface area is 74.6 Å². The van der Waals surface area contributed by atoms with E-state index in [4.69, 9.17) is 4.42 Å². The van der Waals surface area contributed by atoms with E-state index in [1.807, 2.05) is 24.3 Å². The van der Waals surface area contributed by atoms with Crippen molar-refractivity contribution in [3.63, 3.8) is 0 Å². The first-order valence-corrected chi connectivity index (χ1v) is 3.92. The van der Waals surface area contributed by atoms with Gasteiger partial charge in [0, 0.05) is 23.2 Å². The lowest BCUT2D eigenvalue weighted by molar-refractivity contribution is -0.304. The van der Waals surface area contributed by atoms with Crippen LogP contribution in [0.1, 0.15) is 5.76 Å². The highest BCUT2D eigenvalue weighted by atomic mass is 16.4. The molecule has 0 unspecified atom stereocenters. The maximum absolute atomic E-state index is 10.3. The van der Waals surface area contributed by atoms with E-state index in [1.165, 1.54) is 0 Å². The second kappa shape index (κ2) is 2.94. The molecule has 2 rings (SSSR count).